The number of carbonyl (C=O) groups is 2. The maximum atomic E-state index is 13.2. The van der Waals surface area contributed by atoms with Crippen molar-refractivity contribution in [3.63, 3.8) is 0 Å². The molecule has 0 aliphatic carbocycles. The number of nitrogens with one attached hydrogen (secondary N) is 1. The van der Waals surface area contributed by atoms with Gasteiger partial charge in [0.2, 0.25) is 0 Å². The lowest BCUT2D eigenvalue weighted by atomic mass is 10.1. The minimum Gasteiger partial charge on any atom is -0.459 e. The highest BCUT2D eigenvalue weighted by atomic mass is 16.5. The number of furan rings is 1. The number of anilines is 1. The SMILES string of the molecule is COCCN(Cc1ccccc1)C(=O)c1ccc(C)c(NC(=O)c2ccco2)c1. The van der Waals surface area contributed by atoms with E-state index in [0.29, 0.717) is 30.9 Å². The second-order valence-corrected chi connectivity index (χ2v) is 6.67. The minimum atomic E-state index is -0.358. The summed E-state index contributed by atoms with van der Waals surface area (Å²) >= 11 is 0. The van der Waals surface area contributed by atoms with E-state index in [4.69, 9.17) is 9.15 Å². The van der Waals surface area contributed by atoms with Gasteiger partial charge in [-0.2, -0.15) is 0 Å². The Morgan fingerprint density at radius 2 is 1.86 bits per heavy atom. The van der Waals surface area contributed by atoms with Crippen molar-refractivity contribution >= 4 is 17.5 Å². The lowest BCUT2D eigenvalue weighted by Gasteiger charge is -2.23. The highest BCUT2D eigenvalue weighted by molar-refractivity contribution is 6.03. The van der Waals surface area contributed by atoms with Crippen molar-refractivity contribution in [2.75, 3.05) is 25.6 Å². The van der Waals surface area contributed by atoms with Crippen molar-refractivity contribution in [1.29, 1.82) is 0 Å². The van der Waals surface area contributed by atoms with Crippen LogP contribution in [0.2, 0.25) is 0 Å². The molecule has 1 N–H and O–H groups in total. The van der Waals surface area contributed by atoms with Crippen LogP contribution in [0.1, 0.15) is 32.0 Å². The Balaban J connectivity index is 1.80. The Morgan fingerprint density at radius 3 is 2.55 bits per heavy atom. The fourth-order valence-electron chi connectivity index (χ4n) is 2.92. The van der Waals surface area contributed by atoms with Crippen LogP contribution in [0.25, 0.3) is 0 Å². The molecule has 2 amide bonds. The van der Waals surface area contributed by atoms with E-state index in [9.17, 15) is 9.59 Å². The smallest absolute Gasteiger partial charge is 0.291 e. The predicted molar refractivity (Wildman–Crippen MR) is 111 cm³/mol. The summed E-state index contributed by atoms with van der Waals surface area (Å²) in [4.78, 5) is 27.2. The molecule has 1 aromatic heterocycles. The van der Waals surface area contributed by atoms with E-state index in [1.165, 1.54) is 6.26 Å². The van der Waals surface area contributed by atoms with Gasteiger partial charge in [-0.05, 0) is 42.3 Å². The third-order valence-corrected chi connectivity index (χ3v) is 4.55. The molecule has 2 aromatic carbocycles. The molecule has 29 heavy (non-hydrogen) atoms. The summed E-state index contributed by atoms with van der Waals surface area (Å²) in [5.74, 6) is -0.269. The van der Waals surface area contributed by atoms with Crippen molar-refractivity contribution in [2.45, 2.75) is 13.5 Å². The molecule has 6 heteroatoms. The molecule has 0 aliphatic rings. The van der Waals surface area contributed by atoms with Crippen LogP contribution in [0.4, 0.5) is 5.69 Å². The molecule has 0 bridgehead atoms. The molecule has 0 spiro atoms. The van der Waals surface area contributed by atoms with E-state index in [1.807, 2.05) is 43.3 Å². The van der Waals surface area contributed by atoms with Gasteiger partial charge in [0.1, 0.15) is 0 Å². The van der Waals surface area contributed by atoms with Gasteiger partial charge in [-0.25, -0.2) is 0 Å². The fourth-order valence-corrected chi connectivity index (χ4v) is 2.92. The topological polar surface area (TPSA) is 71.8 Å². The first-order valence-electron chi connectivity index (χ1n) is 9.36. The molecule has 3 rings (SSSR count). The van der Waals surface area contributed by atoms with Crippen molar-refractivity contribution < 1.29 is 18.7 Å². The van der Waals surface area contributed by atoms with Gasteiger partial charge < -0.3 is 19.4 Å². The first-order chi connectivity index (χ1) is 14.1. The Labute approximate surface area is 170 Å². The summed E-state index contributed by atoms with van der Waals surface area (Å²) in [5, 5.41) is 2.81. The number of rotatable bonds is 8. The molecule has 0 saturated heterocycles. The molecule has 150 valence electrons. The van der Waals surface area contributed by atoms with E-state index < -0.39 is 0 Å². The molecule has 6 nitrogen and oxygen atoms in total. The van der Waals surface area contributed by atoms with Crippen LogP contribution in [0.5, 0.6) is 0 Å². The molecular weight excluding hydrogens is 368 g/mol. The summed E-state index contributed by atoms with van der Waals surface area (Å²) in [6.07, 6.45) is 1.44. The third-order valence-electron chi connectivity index (χ3n) is 4.55. The van der Waals surface area contributed by atoms with Gasteiger partial charge in [-0.1, -0.05) is 36.4 Å². The molecular formula is C23H24N2O4. The predicted octanol–water partition coefficient (Wildman–Crippen LogP) is 4.13. The number of nitrogens with zero attached hydrogens (tertiary/aromatic N) is 1. The lowest BCUT2D eigenvalue weighted by molar-refractivity contribution is 0.0680. The van der Waals surface area contributed by atoms with Gasteiger partial charge in [0, 0.05) is 31.5 Å². The second-order valence-electron chi connectivity index (χ2n) is 6.67. The average molecular weight is 392 g/mol. The first-order valence-corrected chi connectivity index (χ1v) is 9.36. The van der Waals surface area contributed by atoms with Crippen LogP contribution >= 0.6 is 0 Å². The summed E-state index contributed by atoms with van der Waals surface area (Å²) in [6.45, 7) is 3.25. The number of hydrogen-bond acceptors (Lipinski definition) is 4. The summed E-state index contributed by atoms with van der Waals surface area (Å²) in [7, 11) is 1.61. The monoisotopic (exact) mass is 392 g/mol. The van der Waals surface area contributed by atoms with Crippen LogP contribution in [-0.4, -0.2) is 37.0 Å². The molecule has 0 radical (unpaired) electrons. The lowest BCUT2D eigenvalue weighted by Crippen LogP contribution is -2.33. The molecule has 0 unspecified atom stereocenters. The van der Waals surface area contributed by atoms with Crippen molar-refractivity contribution in [3.05, 3.63) is 89.4 Å². The summed E-state index contributed by atoms with van der Waals surface area (Å²) < 4.78 is 10.3. The zero-order valence-electron chi connectivity index (χ0n) is 16.6. The van der Waals surface area contributed by atoms with Gasteiger partial charge in [-0.15, -0.1) is 0 Å². The summed E-state index contributed by atoms with van der Waals surface area (Å²) in [6, 6.07) is 18.3. The molecule has 1 heterocycles. The standard InChI is InChI=1S/C23H24N2O4/c1-17-10-11-19(15-20(17)24-22(26)21-9-6-13-29-21)23(27)25(12-14-28-2)16-18-7-4-3-5-8-18/h3-11,13,15H,12,14,16H2,1-2H3,(H,24,26). The van der Waals surface area contributed by atoms with E-state index in [2.05, 4.69) is 5.32 Å². The number of aryl methyl sites for hydroxylation is 1. The van der Waals surface area contributed by atoms with Gasteiger partial charge in [0.05, 0.1) is 12.9 Å². The fraction of sp³-hybridized carbons (Fsp3) is 0.217. The first kappa shape index (κ1) is 20.4. The van der Waals surface area contributed by atoms with Crippen LogP contribution in [-0.2, 0) is 11.3 Å². The van der Waals surface area contributed by atoms with E-state index in [0.717, 1.165) is 11.1 Å². The molecule has 0 fully saturated rings. The zero-order valence-corrected chi connectivity index (χ0v) is 16.6. The number of ether oxygens (including phenoxy) is 1. The second kappa shape index (κ2) is 9.71. The van der Waals surface area contributed by atoms with Gasteiger partial charge >= 0.3 is 0 Å². The highest BCUT2D eigenvalue weighted by Gasteiger charge is 2.18. The number of carbonyl (C=O) groups excluding carboxylic acids is 2. The third kappa shape index (κ3) is 5.33. The molecule has 0 aliphatic heterocycles. The number of hydrogen-bond donors (Lipinski definition) is 1. The van der Waals surface area contributed by atoms with E-state index >= 15 is 0 Å². The van der Waals surface area contributed by atoms with Crippen molar-refractivity contribution in [1.82, 2.24) is 4.90 Å². The zero-order chi connectivity index (χ0) is 20.6. The Bertz CT molecular complexity index is 952. The summed E-state index contributed by atoms with van der Waals surface area (Å²) in [5.41, 5.74) is 2.96. The maximum Gasteiger partial charge on any atom is 0.291 e. The van der Waals surface area contributed by atoms with Crippen LogP contribution < -0.4 is 5.32 Å². The Hall–Kier alpha value is -3.38. The molecule has 3 aromatic rings. The number of methoxy groups -OCH3 is 1. The molecule has 0 atom stereocenters. The average Bonchev–Trinajstić information content (AvgIpc) is 3.28. The Kier molecular flexibility index (Phi) is 6.81. The normalized spacial score (nSPS) is 10.6. The maximum absolute atomic E-state index is 13.2. The minimum absolute atomic E-state index is 0.126. The van der Waals surface area contributed by atoms with Crippen molar-refractivity contribution in [3.8, 4) is 0 Å². The van der Waals surface area contributed by atoms with E-state index in [1.54, 1.807) is 36.3 Å². The van der Waals surface area contributed by atoms with Gasteiger partial charge in [0.15, 0.2) is 5.76 Å². The van der Waals surface area contributed by atoms with Gasteiger partial charge in [0.25, 0.3) is 11.8 Å². The van der Waals surface area contributed by atoms with Crippen LogP contribution in [0.15, 0.2) is 71.3 Å². The van der Waals surface area contributed by atoms with Crippen LogP contribution in [0.3, 0.4) is 0 Å². The van der Waals surface area contributed by atoms with E-state index in [-0.39, 0.29) is 17.6 Å². The quantitative estimate of drug-likeness (QED) is 0.626. The Morgan fingerprint density at radius 1 is 1.07 bits per heavy atom. The molecule has 0 saturated carbocycles. The van der Waals surface area contributed by atoms with Crippen molar-refractivity contribution in [2.24, 2.45) is 0 Å². The largest absolute Gasteiger partial charge is 0.459 e. The highest BCUT2D eigenvalue weighted by Crippen LogP contribution is 2.20. The van der Waals surface area contributed by atoms with Gasteiger partial charge in [-0.3, -0.25) is 9.59 Å². The van der Waals surface area contributed by atoms with Crippen LogP contribution in [0, 0.1) is 6.92 Å². The number of amides is 2. The number of benzene rings is 2.